The summed E-state index contributed by atoms with van der Waals surface area (Å²) in [5, 5.41) is 21.1. The molecule has 0 aromatic heterocycles. The molecule has 0 fully saturated rings. The summed E-state index contributed by atoms with van der Waals surface area (Å²) in [6.07, 6.45) is 0. The van der Waals surface area contributed by atoms with E-state index in [-0.39, 0.29) is 16.4 Å². The van der Waals surface area contributed by atoms with Gasteiger partial charge in [0.15, 0.2) is 0 Å². The molecule has 114 valence electrons. The third-order valence-corrected chi connectivity index (χ3v) is 3.70. The summed E-state index contributed by atoms with van der Waals surface area (Å²) in [7, 11) is -1.66. The number of hydrogen-bond donors (Lipinski definition) is 3. The van der Waals surface area contributed by atoms with E-state index in [4.69, 9.17) is 21.6 Å². The first-order valence-corrected chi connectivity index (χ1v) is 7.33. The number of hydrogen-bond acceptors (Lipinski definition) is 3. The standard InChI is InChI=1S/C16H17BClNO3/c1-10(2)11-3-6-13(7-4-11)19-16(20)12-5-8-14(17(21)22)15(18)9-12/h3-10,21-22H,1-2H3,(H,19,20). The zero-order chi connectivity index (χ0) is 16.3. The Hall–Kier alpha value is -1.82. The fourth-order valence-corrected chi connectivity index (χ4v) is 2.31. The van der Waals surface area contributed by atoms with Gasteiger partial charge in [0.05, 0.1) is 0 Å². The van der Waals surface area contributed by atoms with E-state index in [9.17, 15) is 4.79 Å². The summed E-state index contributed by atoms with van der Waals surface area (Å²) < 4.78 is 0. The van der Waals surface area contributed by atoms with Crippen LogP contribution in [-0.4, -0.2) is 23.1 Å². The number of amides is 1. The van der Waals surface area contributed by atoms with Crippen LogP contribution in [0.2, 0.25) is 5.02 Å². The highest BCUT2D eigenvalue weighted by atomic mass is 35.5. The molecule has 2 aromatic carbocycles. The average Bonchev–Trinajstić information content (AvgIpc) is 2.47. The zero-order valence-electron chi connectivity index (χ0n) is 12.4. The lowest BCUT2D eigenvalue weighted by molar-refractivity contribution is 0.102. The molecule has 2 aromatic rings. The molecule has 0 saturated heterocycles. The molecule has 3 N–H and O–H groups in total. The van der Waals surface area contributed by atoms with Gasteiger partial charge in [0.25, 0.3) is 5.91 Å². The normalized spacial score (nSPS) is 10.6. The largest absolute Gasteiger partial charge is 0.489 e. The second-order valence-corrected chi connectivity index (χ2v) is 5.75. The molecule has 0 spiro atoms. The van der Waals surface area contributed by atoms with Crippen molar-refractivity contribution in [1.29, 1.82) is 0 Å². The second kappa shape index (κ2) is 6.96. The van der Waals surface area contributed by atoms with Crippen molar-refractivity contribution < 1.29 is 14.8 Å². The number of rotatable bonds is 4. The summed E-state index contributed by atoms with van der Waals surface area (Å²) in [4.78, 5) is 12.2. The van der Waals surface area contributed by atoms with Gasteiger partial charge in [-0.05, 0) is 35.7 Å². The molecule has 0 atom stereocenters. The van der Waals surface area contributed by atoms with E-state index >= 15 is 0 Å². The van der Waals surface area contributed by atoms with Gasteiger partial charge in [-0.3, -0.25) is 4.79 Å². The maximum atomic E-state index is 12.2. The molecule has 2 rings (SSSR count). The quantitative estimate of drug-likeness (QED) is 0.758. The Morgan fingerprint density at radius 1 is 1.14 bits per heavy atom. The van der Waals surface area contributed by atoms with E-state index in [0.717, 1.165) is 0 Å². The number of carbonyl (C=O) groups excluding carboxylic acids is 1. The maximum Gasteiger partial charge on any atom is 0.489 e. The maximum absolute atomic E-state index is 12.2. The van der Waals surface area contributed by atoms with Gasteiger partial charge >= 0.3 is 7.12 Å². The molecule has 1 amide bonds. The zero-order valence-corrected chi connectivity index (χ0v) is 13.1. The number of halogens is 1. The van der Waals surface area contributed by atoms with Crippen molar-refractivity contribution in [3.63, 3.8) is 0 Å². The number of nitrogens with one attached hydrogen (secondary N) is 1. The molecule has 0 saturated carbocycles. The number of carbonyl (C=O) groups is 1. The molecule has 6 heteroatoms. The van der Waals surface area contributed by atoms with E-state index in [1.807, 2.05) is 24.3 Å². The minimum atomic E-state index is -1.66. The van der Waals surface area contributed by atoms with Gasteiger partial charge in [-0.1, -0.05) is 43.6 Å². The fraction of sp³-hybridized carbons (Fsp3) is 0.188. The van der Waals surface area contributed by atoms with Crippen molar-refractivity contribution in [2.75, 3.05) is 5.32 Å². The van der Waals surface area contributed by atoms with Crippen LogP contribution in [0.25, 0.3) is 0 Å². The van der Waals surface area contributed by atoms with E-state index in [1.54, 1.807) is 0 Å². The molecule has 0 radical (unpaired) electrons. The van der Waals surface area contributed by atoms with Crippen molar-refractivity contribution in [2.24, 2.45) is 0 Å². The van der Waals surface area contributed by atoms with Crippen LogP contribution >= 0.6 is 11.6 Å². The Morgan fingerprint density at radius 2 is 1.77 bits per heavy atom. The molecule has 22 heavy (non-hydrogen) atoms. The third-order valence-electron chi connectivity index (χ3n) is 3.38. The Kier molecular flexibility index (Phi) is 5.24. The van der Waals surface area contributed by atoms with Crippen LogP contribution in [0.1, 0.15) is 35.7 Å². The van der Waals surface area contributed by atoms with E-state index < -0.39 is 7.12 Å². The van der Waals surface area contributed by atoms with Gasteiger partial charge in [0.1, 0.15) is 0 Å². The van der Waals surface area contributed by atoms with Crippen molar-refractivity contribution in [3.8, 4) is 0 Å². The van der Waals surface area contributed by atoms with Crippen LogP contribution in [0.5, 0.6) is 0 Å². The lowest BCUT2D eigenvalue weighted by Gasteiger charge is -2.09. The first-order chi connectivity index (χ1) is 10.4. The minimum Gasteiger partial charge on any atom is -0.423 e. The monoisotopic (exact) mass is 317 g/mol. The molecule has 0 unspecified atom stereocenters. The molecule has 0 aliphatic heterocycles. The number of anilines is 1. The van der Waals surface area contributed by atoms with Gasteiger partial charge in [-0.2, -0.15) is 0 Å². The van der Waals surface area contributed by atoms with Crippen molar-refractivity contribution in [3.05, 3.63) is 58.6 Å². The molecule has 0 aliphatic rings. The Bertz CT molecular complexity index is 672. The van der Waals surface area contributed by atoms with Gasteiger partial charge in [0, 0.05) is 21.7 Å². The summed E-state index contributed by atoms with van der Waals surface area (Å²) in [6.45, 7) is 4.21. The first-order valence-electron chi connectivity index (χ1n) is 6.95. The summed E-state index contributed by atoms with van der Waals surface area (Å²) in [5.41, 5.74) is 2.40. The van der Waals surface area contributed by atoms with E-state index in [0.29, 0.717) is 17.2 Å². The van der Waals surface area contributed by atoms with Crippen molar-refractivity contribution in [1.82, 2.24) is 0 Å². The van der Waals surface area contributed by atoms with E-state index in [2.05, 4.69) is 19.2 Å². The Morgan fingerprint density at radius 3 is 2.27 bits per heavy atom. The molecule has 0 aliphatic carbocycles. The number of benzene rings is 2. The average molecular weight is 318 g/mol. The van der Waals surface area contributed by atoms with Crippen LogP contribution in [0, 0.1) is 0 Å². The van der Waals surface area contributed by atoms with Crippen LogP contribution in [0.15, 0.2) is 42.5 Å². The van der Waals surface area contributed by atoms with Gasteiger partial charge < -0.3 is 15.4 Å². The molecular formula is C16H17BClNO3. The predicted molar refractivity (Wildman–Crippen MR) is 89.8 cm³/mol. The highest BCUT2D eigenvalue weighted by molar-refractivity contribution is 6.62. The molecule has 4 nitrogen and oxygen atoms in total. The highest BCUT2D eigenvalue weighted by Crippen LogP contribution is 2.18. The molecule has 0 bridgehead atoms. The first kappa shape index (κ1) is 16.6. The third kappa shape index (κ3) is 3.88. The Balaban J connectivity index is 2.13. The summed E-state index contributed by atoms with van der Waals surface area (Å²) in [6, 6.07) is 12.0. The van der Waals surface area contributed by atoms with Crippen LogP contribution < -0.4 is 10.8 Å². The molecular weight excluding hydrogens is 300 g/mol. The van der Waals surface area contributed by atoms with Crippen LogP contribution in [0.3, 0.4) is 0 Å². The Labute approximate surface area is 134 Å². The van der Waals surface area contributed by atoms with E-state index in [1.165, 1.54) is 23.8 Å². The lowest BCUT2D eigenvalue weighted by Crippen LogP contribution is -2.31. The summed E-state index contributed by atoms with van der Waals surface area (Å²) in [5.74, 6) is 0.124. The van der Waals surface area contributed by atoms with Gasteiger partial charge in [-0.25, -0.2) is 0 Å². The molecule has 0 heterocycles. The highest BCUT2D eigenvalue weighted by Gasteiger charge is 2.17. The predicted octanol–water partition coefficient (Wildman–Crippen LogP) is 2.40. The fourth-order valence-electron chi connectivity index (χ4n) is 2.03. The lowest BCUT2D eigenvalue weighted by atomic mass is 9.80. The van der Waals surface area contributed by atoms with Crippen molar-refractivity contribution >= 4 is 35.8 Å². The van der Waals surface area contributed by atoms with Gasteiger partial charge in [0.2, 0.25) is 0 Å². The summed E-state index contributed by atoms with van der Waals surface area (Å²) >= 11 is 5.93. The van der Waals surface area contributed by atoms with Crippen molar-refractivity contribution in [2.45, 2.75) is 19.8 Å². The minimum absolute atomic E-state index is 0.137. The smallest absolute Gasteiger partial charge is 0.423 e. The van der Waals surface area contributed by atoms with Crippen LogP contribution in [-0.2, 0) is 0 Å². The SMILES string of the molecule is CC(C)c1ccc(NC(=O)c2ccc(B(O)O)c(Cl)c2)cc1. The van der Waals surface area contributed by atoms with Gasteiger partial charge in [-0.15, -0.1) is 0 Å². The van der Waals surface area contributed by atoms with Crippen LogP contribution in [0.4, 0.5) is 5.69 Å². The second-order valence-electron chi connectivity index (χ2n) is 5.34. The topological polar surface area (TPSA) is 69.6 Å².